The largest absolute Gasteiger partial charge is 0.383 e. The van der Waals surface area contributed by atoms with Gasteiger partial charge in [-0.2, -0.15) is 0 Å². The second-order valence-corrected chi connectivity index (χ2v) is 6.63. The summed E-state index contributed by atoms with van der Waals surface area (Å²) in [4.78, 5) is 11.1. The van der Waals surface area contributed by atoms with Gasteiger partial charge in [0.15, 0.2) is 0 Å². The third kappa shape index (κ3) is 2.83. The molecule has 26 heavy (non-hydrogen) atoms. The van der Waals surface area contributed by atoms with Crippen LogP contribution in [-0.4, -0.2) is 38.6 Å². The average molecular weight is 346 g/mol. The van der Waals surface area contributed by atoms with Gasteiger partial charge in [0.25, 0.3) is 0 Å². The highest BCUT2D eigenvalue weighted by atomic mass is 15.2. The number of piperidine rings is 1. The van der Waals surface area contributed by atoms with Crippen molar-refractivity contribution in [2.75, 3.05) is 18.8 Å². The number of anilines is 1. The van der Waals surface area contributed by atoms with Gasteiger partial charge in [-0.25, -0.2) is 9.97 Å². The third-order valence-electron chi connectivity index (χ3n) is 4.98. The number of imidazole rings is 1. The van der Waals surface area contributed by atoms with E-state index in [4.69, 9.17) is 11.1 Å². The van der Waals surface area contributed by atoms with E-state index in [9.17, 15) is 0 Å². The van der Waals surface area contributed by atoms with Gasteiger partial charge >= 0.3 is 0 Å². The molecule has 4 heterocycles. The zero-order chi connectivity index (χ0) is 18.1. The van der Waals surface area contributed by atoms with Gasteiger partial charge in [-0.15, -0.1) is 0 Å². The highest BCUT2D eigenvalue weighted by Gasteiger charge is 2.16. The summed E-state index contributed by atoms with van der Waals surface area (Å²) in [5.74, 6) is 0.367. The number of pyridine rings is 2. The molecule has 6 nitrogen and oxygen atoms in total. The lowest BCUT2D eigenvalue weighted by Crippen LogP contribution is -2.28. The van der Waals surface area contributed by atoms with Crippen molar-refractivity contribution < 1.29 is 0 Å². The van der Waals surface area contributed by atoms with Crippen LogP contribution < -0.4 is 5.73 Å². The summed E-state index contributed by atoms with van der Waals surface area (Å²) in [6.45, 7) is 6.42. The van der Waals surface area contributed by atoms with Crippen molar-refractivity contribution in [3.8, 4) is 11.1 Å². The Hall–Kier alpha value is -3.15. The molecule has 3 aromatic heterocycles. The second-order valence-electron chi connectivity index (χ2n) is 6.63. The molecule has 6 heteroatoms. The zero-order valence-corrected chi connectivity index (χ0v) is 14.7. The lowest BCUT2D eigenvalue weighted by atomic mass is 10.1. The van der Waals surface area contributed by atoms with E-state index in [1.807, 2.05) is 30.6 Å². The van der Waals surface area contributed by atoms with Gasteiger partial charge < -0.3 is 16.0 Å². The SMILES string of the molecule is C=C(c1cnc2ccc(-c3cnc(N)c(C=N)c3)cn12)N1CCCCC1. The van der Waals surface area contributed by atoms with Crippen LogP contribution in [0.15, 0.2) is 43.4 Å². The normalized spacial score (nSPS) is 14.5. The number of likely N-dealkylation sites (tertiary alicyclic amines) is 1. The molecule has 1 aliphatic rings. The van der Waals surface area contributed by atoms with Crippen molar-refractivity contribution in [1.29, 1.82) is 5.41 Å². The topological polar surface area (TPSA) is 83.3 Å². The van der Waals surface area contributed by atoms with E-state index in [1.54, 1.807) is 6.20 Å². The number of nitrogens with two attached hydrogens (primary N) is 1. The highest BCUT2D eigenvalue weighted by molar-refractivity contribution is 5.86. The van der Waals surface area contributed by atoms with Crippen LogP contribution in [0.3, 0.4) is 0 Å². The molecule has 0 atom stereocenters. The molecule has 0 bridgehead atoms. The van der Waals surface area contributed by atoms with E-state index in [1.165, 1.54) is 25.5 Å². The first-order chi connectivity index (χ1) is 12.7. The van der Waals surface area contributed by atoms with E-state index in [-0.39, 0.29) is 0 Å². The number of nitrogen functional groups attached to an aromatic ring is 1. The Morgan fingerprint density at radius 2 is 1.92 bits per heavy atom. The fraction of sp³-hybridized carbons (Fsp3) is 0.250. The fourth-order valence-electron chi connectivity index (χ4n) is 3.46. The van der Waals surface area contributed by atoms with Crippen LogP contribution in [0, 0.1) is 5.41 Å². The van der Waals surface area contributed by atoms with Crippen LogP contribution in [0.1, 0.15) is 30.5 Å². The smallest absolute Gasteiger partial charge is 0.137 e. The van der Waals surface area contributed by atoms with Crippen molar-refractivity contribution in [3.63, 3.8) is 0 Å². The van der Waals surface area contributed by atoms with Gasteiger partial charge in [0.05, 0.1) is 17.6 Å². The predicted molar refractivity (Wildman–Crippen MR) is 105 cm³/mol. The first-order valence-corrected chi connectivity index (χ1v) is 8.85. The van der Waals surface area contributed by atoms with E-state index < -0.39 is 0 Å². The quantitative estimate of drug-likeness (QED) is 0.709. The first kappa shape index (κ1) is 16.3. The standard InChI is InChI=1S/C20H22N6/c1-14(25-7-3-2-4-8-25)18-12-23-19-6-5-15(13-26(18)19)17-9-16(10-21)20(22)24-11-17/h5-6,9-13,21H,1-4,7-8H2,(H2,22,24). The number of rotatable bonds is 4. The monoisotopic (exact) mass is 346 g/mol. The van der Waals surface area contributed by atoms with Crippen molar-refractivity contribution in [2.45, 2.75) is 19.3 Å². The summed E-state index contributed by atoms with van der Waals surface area (Å²) < 4.78 is 2.08. The minimum atomic E-state index is 0.367. The Morgan fingerprint density at radius 1 is 1.12 bits per heavy atom. The van der Waals surface area contributed by atoms with Gasteiger partial charge in [-0.05, 0) is 37.5 Å². The summed E-state index contributed by atoms with van der Waals surface area (Å²) in [6, 6.07) is 5.88. The molecule has 4 rings (SSSR count). The number of hydrogen-bond donors (Lipinski definition) is 2. The molecule has 0 aromatic carbocycles. The predicted octanol–water partition coefficient (Wildman–Crippen LogP) is 3.43. The van der Waals surface area contributed by atoms with Crippen LogP contribution in [0.4, 0.5) is 5.82 Å². The lowest BCUT2D eigenvalue weighted by Gasteiger charge is -2.30. The van der Waals surface area contributed by atoms with Crippen molar-refractivity contribution in [2.24, 2.45) is 0 Å². The molecular weight excluding hydrogens is 324 g/mol. The summed E-state index contributed by atoms with van der Waals surface area (Å²) in [5, 5.41) is 7.48. The average Bonchev–Trinajstić information content (AvgIpc) is 3.11. The molecular formula is C20H22N6. The second kappa shape index (κ2) is 6.63. The maximum atomic E-state index is 7.48. The molecule has 3 N–H and O–H groups in total. The fourth-order valence-corrected chi connectivity index (χ4v) is 3.46. The van der Waals surface area contributed by atoms with E-state index >= 15 is 0 Å². The summed E-state index contributed by atoms with van der Waals surface area (Å²) in [5.41, 5.74) is 11.3. The molecule has 1 saturated heterocycles. The van der Waals surface area contributed by atoms with Gasteiger partial charge in [0.1, 0.15) is 11.5 Å². The van der Waals surface area contributed by atoms with Gasteiger partial charge in [-0.1, -0.05) is 6.58 Å². The molecule has 1 fully saturated rings. The van der Waals surface area contributed by atoms with Gasteiger partial charge in [0, 0.05) is 48.4 Å². The van der Waals surface area contributed by atoms with E-state index in [2.05, 4.69) is 25.8 Å². The Labute approximate surface area is 152 Å². The number of fused-ring (bicyclic) bond motifs is 1. The Bertz CT molecular complexity index is 981. The Kier molecular flexibility index (Phi) is 4.16. The molecule has 0 radical (unpaired) electrons. The first-order valence-electron chi connectivity index (χ1n) is 8.85. The molecule has 3 aromatic rings. The molecule has 0 spiro atoms. The number of aromatic nitrogens is 3. The zero-order valence-electron chi connectivity index (χ0n) is 14.7. The van der Waals surface area contributed by atoms with E-state index in [0.717, 1.165) is 41.3 Å². The summed E-state index contributed by atoms with van der Waals surface area (Å²) in [7, 11) is 0. The Morgan fingerprint density at radius 3 is 2.69 bits per heavy atom. The number of nitrogens with one attached hydrogen (secondary N) is 1. The van der Waals surface area contributed by atoms with Crippen molar-refractivity contribution in [3.05, 3.63) is 54.6 Å². The maximum Gasteiger partial charge on any atom is 0.137 e. The van der Waals surface area contributed by atoms with E-state index in [0.29, 0.717) is 11.4 Å². The lowest BCUT2D eigenvalue weighted by molar-refractivity contribution is 0.325. The molecule has 132 valence electrons. The van der Waals surface area contributed by atoms with Crippen molar-refractivity contribution >= 4 is 23.4 Å². The number of nitrogens with zero attached hydrogens (tertiary/aromatic N) is 4. The van der Waals surface area contributed by atoms with Crippen LogP contribution in [0.25, 0.3) is 22.5 Å². The summed E-state index contributed by atoms with van der Waals surface area (Å²) in [6.07, 6.45) is 10.6. The van der Waals surface area contributed by atoms with Crippen LogP contribution in [0.5, 0.6) is 0 Å². The van der Waals surface area contributed by atoms with Gasteiger partial charge in [-0.3, -0.25) is 4.40 Å². The molecule has 0 aliphatic carbocycles. The minimum Gasteiger partial charge on any atom is -0.383 e. The minimum absolute atomic E-state index is 0.367. The molecule has 0 amide bonds. The molecule has 0 unspecified atom stereocenters. The third-order valence-corrected chi connectivity index (χ3v) is 4.98. The van der Waals surface area contributed by atoms with Crippen LogP contribution in [-0.2, 0) is 0 Å². The summed E-state index contributed by atoms with van der Waals surface area (Å²) >= 11 is 0. The van der Waals surface area contributed by atoms with Crippen LogP contribution >= 0.6 is 0 Å². The van der Waals surface area contributed by atoms with Crippen molar-refractivity contribution in [1.82, 2.24) is 19.3 Å². The molecule has 1 aliphatic heterocycles. The van der Waals surface area contributed by atoms with Gasteiger partial charge in [0.2, 0.25) is 0 Å². The van der Waals surface area contributed by atoms with Crippen LogP contribution in [0.2, 0.25) is 0 Å². The Balaban J connectivity index is 1.75. The highest BCUT2D eigenvalue weighted by Crippen LogP contribution is 2.26. The molecule has 0 saturated carbocycles. The number of hydrogen-bond acceptors (Lipinski definition) is 5. The maximum absolute atomic E-state index is 7.48.